The first-order valence-corrected chi connectivity index (χ1v) is 9.06. The van der Waals surface area contributed by atoms with Crippen LogP contribution in [0.1, 0.15) is 12.0 Å². The fourth-order valence-electron chi connectivity index (χ4n) is 3.66. The summed E-state index contributed by atoms with van der Waals surface area (Å²) in [5.41, 5.74) is 0.912. The summed E-state index contributed by atoms with van der Waals surface area (Å²) < 4.78 is 16.4. The second-order valence-corrected chi connectivity index (χ2v) is 6.63. The van der Waals surface area contributed by atoms with Crippen LogP contribution < -0.4 is 10.1 Å². The molecule has 2 aliphatic heterocycles. The highest BCUT2D eigenvalue weighted by molar-refractivity contribution is 5.79. The van der Waals surface area contributed by atoms with E-state index in [9.17, 15) is 4.79 Å². The van der Waals surface area contributed by atoms with Crippen molar-refractivity contribution in [1.82, 2.24) is 10.2 Å². The number of hydrogen-bond acceptors (Lipinski definition) is 5. The van der Waals surface area contributed by atoms with Gasteiger partial charge in [-0.2, -0.15) is 0 Å². The Bertz CT molecular complexity index is 554. The zero-order chi connectivity index (χ0) is 17.5. The molecule has 0 radical (unpaired) electrons. The Morgan fingerprint density at radius 3 is 2.80 bits per heavy atom. The molecule has 2 aliphatic rings. The maximum Gasteiger partial charge on any atom is 0.224 e. The lowest BCUT2D eigenvalue weighted by molar-refractivity contribution is -0.121. The third-order valence-corrected chi connectivity index (χ3v) is 5.08. The molecule has 2 atom stereocenters. The number of benzene rings is 1. The smallest absolute Gasteiger partial charge is 0.224 e. The van der Waals surface area contributed by atoms with Crippen LogP contribution in [0.5, 0.6) is 5.75 Å². The molecule has 0 unspecified atom stereocenters. The lowest BCUT2D eigenvalue weighted by Crippen LogP contribution is -2.52. The Morgan fingerprint density at radius 1 is 1.28 bits per heavy atom. The predicted octanol–water partition coefficient (Wildman–Crippen LogP) is 1.09. The van der Waals surface area contributed by atoms with E-state index in [4.69, 9.17) is 14.2 Å². The van der Waals surface area contributed by atoms with Gasteiger partial charge in [-0.15, -0.1) is 0 Å². The molecule has 1 aromatic rings. The molecular formula is C19H28N2O4. The molecule has 25 heavy (non-hydrogen) atoms. The number of carbonyl (C=O) groups is 1. The van der Waals surface area contributed by atoms with Crippen LogP contribution in [0.2, 0.25) is 0 Å². The van der Waals surface area contributed by atoms with Crippen LogP contribution >= 0.6 is 0 Å². The van der Waals surface area contributed by atoms with Crippen molar-refractivity contribution < 1.29 is 19.0 Å². The van der Waals surface area contributed by atoms with Crippen molar-refractivity contribution in [2.24, 2.45) is 5.92 Å². The van der Waals surface area contributed by atoms with Crippen LogP contribution in [-0.2, 0) is 20.7 Å². The van der Waals surface area contributed by atoms with Crippen molar-refractivity contribution in [1.29, 1.82) is 0 Å². The molecule has 2 fully saturated rings. The highest BCUT2D eigenvalue weighted by atomic mass is 16.5. The van der Waals surface area contributed by atoms with Crippen molar-refractivity contribution in [3.8, 4) is 5.75 Å². The van der Waals surface area contributed by atoms with Gasteiger partial charge in [0.2, 0.25) is 5.91 Å². The van der Waals surface area contributed by atoms with Gasteiger partial charge >= 0.3 is 0 Å². The number of para-hydroxylation sites is 1. The van der Waals surface area contributed by atoms with E-state index in [1.807, 2.05) is 24.3 Å². The third kappa shape index (κ3) is 4.93. The van der Waals surface area contributed by atoms with Crippen molar-refractivity contribution >= 4 is 5.91 Å². The van der Waals surface area contributed by atoms with Crippen LogP contribution in [0.3, 0.4) is 0 Å². The molecule has 1 N–H and O–H groups in total. The summed E-state index contributed by atoms with van der Waals surface area (Å²) >= 11 is 0. The molecule has 138 valence electrons. The number of morpholine rings is 1. The minimum atomic E-state index is 0.0293. The fraction of sp³-hybridized carbons (Fsp3) is 0.632. The Balaban J connectivity index is 1.57. The lowest BCUT2D eigenvalue weighted by atomic mass is 9.96. The van der Waals surface area contributed by atoms with Crippen molar-refractivity contribution in [2.75, 3.05) is 53.2 Å². The second kappa shape index (κ2) is 9.17. The first-order chi connectivity index (χ1) is 12.3. The van der Waals surface area contributed by atoms with Crippen LogP contribution in [0.25, 0.3) is 0 Å². The van der Waals surface area contributed by atoms with Gasteiger partial charge in [0.05, 0.1) is 33.4 Å². The molecule has 0 saturated carbocycles. The van der Waals surface area contributed by atoms with Gasteiger partial charge in [0.15, 0.2) is 0 Å². The number of methoxy groups -OCH3 is 1. The number of carbonyl (C=O) groups excluding carboxylic acids is 1. The SMILES string of the molecule is COc1ccccc1CC(=O)NC[C@H]([C@H]1CCOC1)N1CCOCC1. The Labute approximate surface area is 149 Å². The van der Waals surface area contributed by atoms with E-state index >= 15 is 0 Å². The largest absolute Gasteiger partial charge is 0.496 e. The lowest BCUT2D eigenvalue weighted by Gasteiger charge is -2.37. The average molecular weight is 348 g/mol. The minimum absolute atomic E-state index is 0.0293. The molecule has 6 heteroatoms. The maximum absolute atomic E-state index is 12.4. The molecule has 6 nitrogen and oxygen atoms in total. The normalized spacial score (nSPS) is 22.5. The number of nitrogens with zero attached hydrogens (tertiary/aromatic N) is 1. The monoisotopic (exact) mass is 348 g/mol. The molecule has 0 bridgehead atoms. The first kappa shape index (κ1) is 18.2. The van der Waals surface area contributed by atoms with Gasteiger partial charge in [0.25, 0.3) is 0 Å². The summed E-state index contributed by atoms with van der Waals surface area (Å²) in [4.78, 5) is 14.9. The number of rotatable bonds is 7. The van der Waals surface area contributed by atoms with Gasteiger partial charge < -0.3 is 19.5 Å². The van der Waals surface area contributed by atoms with E-state index in [2.05, 4.69) is 10.2 Å². The van der Waals surface area contributed by atoms with Crippen molar-refractivity contribution in [3.05, 3.63) is 29.8 Å². The van der Waals surface area contributed by atoms with Crippen molar-refractivity contribution in [2.45, 2.75) is 18.9 Å². The van der Waals surface area contributed by atoms with Gasteiger partial charge in [0.1, 0.15) is 5.75 Å². The molecule has 1 aromatic carbocycles. The summed E-state index contributed by atoms with van der Waals surface area (Å²) in [6.45, 7) is 5.62. The Kier molecular flexibility index (Phi) is 6.67. The highest BCUT2D eigenvalue weighted by Gasteiger charge is 2.31. The second-order valence-electron chi connectivity index (χ2n) is 6.63. The van der Waals surface area contributed by atoms with Gasteiger partial charge in [-0.3, -0.25) is 9.69 Å². The van der Waals surface area contributed by atoms with E-state index in [-0.39, 0.29) is 5.91 Å². The van der Waals surface area contributed by atoms with Gasteiger partial charge in [-0.25, -0.2) is 0 Å². The molecule has 2 saturated heterocycles. The van der Waals surface area contributed by atoms with Crippen LogP contribution in [0, 0.1) is 5.92 Å². The van der Waals surface area contributed by atoms with E-state index in [0.717, 1.165) is 57.3 Å². The van der Waals surface area contributed by atoms with Gasteiger partial charge in [-0.05, 0) is 12.5 Å². The minimum Gasteiger partial charge on any atom is -0.496 e. The van der Waals surface area contributed by atoms with Gasteiger partial charge in [0, 0.05) is 43.8 Å². The summed E-state index contributed by atoms with van der Waals surface area (Å²) in [5.74, 6) is 1.26. The fourth-order valence-corrected chi connectivity index (χ4v) is 3.66. The number of nitrogens with one attached hydrogen (secondary N) is 1. The van der Waals surface area contributed by atoms with Crippen molar-refractivity contribution in [3.63, 3.8) is 0 Å². The zero-order valence-electron chi connectivity index (χ0n) is 14.9. The number of ether oxygens (including phenoxy) is 3. The molecular weight excluding hydrogens is 320 g/mol. The van der Waals surface area contributed by atoms with E-state index in [0.29, 0.717) is 24.9 Å². The van der Waals surface area contributed by atoms with Crippen LogP contribution in [0.4, 0.5) is 0 Å². The summed E-state index contributed by atoms with van der Waals surface area (Å²) in [7, 11) is 1.63. The summed E-state index contributed by atoms with van der Waals surface area (Å²) in [6.07, 6.45) is 1.39. The Hall–Kier alpha value is -1.63. The predicted molar refractivity (Wildman–Crippen MR) is 94.8 cm³/mol. The summed E-state index contributed by atoms with van der Waals surface area (Å²) in [6, 6.07) is 7.97. The molecule has 2 heterocycles. The quantitative estimate of drug-likeness (QED) is 0.799. The molecule has 1 amide bonds. The van der Waals surface area contributed by atoms with E-state index < -0.39 is 0 Å². The third-order valence-electron chi connectivity index (χ3n) is 5.08. The first-order valence-electron chi connectivity index (χ1n) is 9.06. The van der Waals surface area contributed by atoms with E-state index in [1.54, 1.807) is 7.11 Å². The molecule has 0 aliphatic carbocycles. The highest BCUT2D eigenvalue weighted by Crippen LogP contribution is 2.22. The van der Waals surface area contributed by atoms with Gasteiger partial charge in [-0.1, -0.05) is 18.2 Å². The number of amides is 1. The molecule has 0 aromatic heterocycles. The van der Waals surface area contributed by atoms with Crippen LogP contribution in [0.15, 0.2) is 24.3 Å². The molecule has 0 spiro atoms. The summed E-state index contributed by atoms with van der Waals surface area (Å²) in [5, 5.41) is 3.12. The molecule has 3 rings (SSSR count). The zero-order valence-corrected chi connectivity index (χ0v) is 14.9. The average Bonchev–Trinajstić information content (AvgIpc) is 3.18. The van der Waals surface area contributed by atoms with E-state index in [1.165, 1.54) is 0 Å². The standard InChI is InChI=1S/C19H28N2O4/c1-23-18-5-3-2-4-15(18)12-19(22)20-13-17(16-6-9-25-14-16)21-7-10-24-11-8-21/h2-5,16-17H,6-14H2,1H3,(H,20,22)/t16-,17+/m0/s1. The topological polar surface area (TPSA) is 60.0 Å². The van der Waals surface area contributed by atoms with Crippen LogP contribution in [-0.4, -0.2) is 70.0 Å². The number of hydrogen-bond donors (Lipinski definition) is 1. The maximum atomic E-state index is 12.4. The Morgan fingerprint density at radius 2 is 2.08 bits per heavy atom.